The maximum Gasteiger partial charge on any atom is 0.330 e. The number of esters is 1. The van der Waals surface area contributed by atoms with Crippen molar-refractivity contribution in [3.8, 4) is 0 Å². The minimum atomic E-state index is -1.03. The van der Waals surface area contributed by atoms with E-state index in [4.69, 9.17) is 20.1 Å². The molecule has 0 unspecified atom stereocenters. The number of allylic oxidation sites excluding steroid dienone is 5. The molecular weight excluding hydrogens is 284 g/mol. The Morgan fingerprint density at radius 2 is 1.77 bits per heavy atom. The Morgan fingerprint density at radius 1 is 1.09 bits per heavy atom. The van der Waals surface area contributed by atoms with Crippen LogP contribution in [0, 0.1) is 0 Å². The summed E-state index contributed by atoms with van der Waals surface area (Å²) in [4.78, 5) is 11.2. The second-order valence-electron chi connectivity index (χ2n) is 5.08. The molecule has 0 aliphatic rings. The maximum atomic E-state index is 11.2. The fraction of sp³-hybridized carbons (Fsp3) is 0.588. The molecule has 0 saturated heterocycles. The van der Waals surface area contributed by atoms with Crippen LogP contribution in [0.25, 0.3) is 0 Å². The fourth-order valence-electron chi connectivity index (χ4n) is 1.55. The van der Waals surface area contributed by atoms with Crippen LogP contribution in [0.4, 0.5) is 0 Å². The Morgan fingerprint density at radius 3 is 2.45 bits per heavy atom. The smallest absolute Gasteiger partial charge is 0.330 e. The molecule has 0 amide bonds. The molecule has 0 bridgehead atoms. The van der Waals surface area contributed by atoms with E-state index in [1.54, 1.807) is 19.1 Å². The Balaban J connectivity index is 3.59. The van der Waals surface area contributed by atoms with Crippen molar-refractivity contribution >= 4 is 5.97 Å². The molecular formula is C17H28O5. The zero-order chi connectivity index (χ0) is 16.6. The molecule has 3 N–H and O–H groups in total. The summed E-state index contributed by atoms with van der Waals surface area (Å²) < 4.78 is 4.70. The summed E-state index contributed by atoms with van der Waals surface area (Å²) in [6.07, 6.45) is 14.2. The van der Waals surface area contributed by atoms with Gasteiger partial charge in [0.05, 0.1) is 12.7 Å². The number of rotatable bonds is 12. The molecule has 0 radical (unpaired) electrons. The Kier molecular flexibility index (Phi) is 13.6. The van der Waals surface area contributed by atoms with E-state index in [-0.39, 0.29) is 12.7 Å². The first-order valence-corrected chi connectivity index (χ1v) is 7.68. The van der Waals surface area contributed by atoms with Crippen molar-refractivity contribution in [2.45, 2.75) is 51.2 Å². The molecule has 0 fully saturated rings. The van der Waals surface area contributed by atoms with E-state index in [0.717, 1.165) is 32.1 Å². The van der Waals surface area contributed by atoms with Gasteiger partial charge in [0.15, 0.2) is 0 Å². The molecule has 0 heterocycles. The molecule has 5 heteroatoms. The highest BCUT2D eigenvalue weighted by Gasteiger charge is 2.04. The third kappa shape index (κ3) is 15.0. The zero-order valence-corrected chi connectivity index (χ0v) is 13.2. The number of hydrogen-bond acceptors (Lipinski definition) is 5. The number of unbranched alkanes of at least 4 members (excludes halogenated alkanes) is 2. The number of carbonyl (C=O) groups excluding carboxylic acids is 1. The van der Waals surface area contributed by atoms with Gasteiger partial charge in [0.2, 0.25) is 0 Å². The third-order valence-electron chi connectivity index (χ3n) is 2.77. The first-order chi connectivity index (χ1) is 10.6. The van der Waals surface area contributed by atoms with Gasteiger partial charge in [-0.1, -0.05) is 30.4 Å². The minimum absolute atomic E-state index is 0.205. The van der Waals surface area contributed by atoms with Crippen LogP contribution in [0.5, 0.6) is 0 Å². The van der Waals surface area contributed by atoms with Crippen LogP contribution in [0.3, 0.4) is 0 Å². The monoisotopic (exact) mass is 312 g/mol. The molecule has 0 spiro atoms. The molecule has 0 aliphatic carbocycles. The lowest BCUT2D eigenvalue weighted by Gasteiger charge is -2.05. The Hall–Kier alpha value is -1.43. The van der Waals surface area contributed by atoms with Crippen molar-refractivity contribution in [2.75, 3.05) is 13.2 Å². The average molecular weight is 312 g/mol. The topological polar surface area (TPSA) is 87.0 Å². The van der Waals surface area contributed by atoms with E-state index < -0.39 is 18.7 Å². The summed E-state index contributed by atoms with van der Waals surface area (Å²) >= 11 is 0. The number of aliphatic hydroxyl groups excluding tert-OH is 3. The van der Waals surface area contributed by atoms with E-state index in [0.29, 0.717) is 0 Å². The quantitative estimate of drug-likeness (QED) is 0.168. The SMILES string of the molecule is C[C@H](O)CCC/C=C/CC/C=C/C=C/C(=O)OC[C@H](O)CO. The molecule has 126 valence electrons. The van der Waals surface area contributed by atoms with Crippen LogP contribution in [-0.4, -0.2) is 46.7 Å². The largest absolute Gasteiger partial charge is 0.460 e. The van der Waals surface area contributed by atoms with Gasteiger partial charge < -0.3 is 20.1 Å². The van der Waals surface area contributed by atoms with Crippen LogP contribution >= 0.6 is 0 Å². The van der Waals surface area contributed by atoms with Gasteiger partial charge in [0.1, 0.15) is 12.7 Å². The Bertz CT molecular complexity index is 358. The minimum Gasteiger partial charge on any atom is -0.460 e. The summed E-state index contributed by atoms with van der Waals surface area (Å²) in [6, 6.07) is 0. The van der Waals surface area contributed by atoms with Crippen molar-refractivity contribution in [1.29, 1.82) is 0 Å². The first kappa shape index (κ1) is 20.6. The molecule has 0 aromatic rings. The zero-order valence-electron chi connectivity index (χ0n) is 13.2. The van der Waals surface area contributed by atoms with E-state index in [9.17, 15) is 4.79 Å². The highest BCUT2D eigenvalue weighted by molar-refractivity contribution is 5.82. The normalized spacial score (nSPS) is 14.9. The van der Waals surface area contributed by atoms with Crippen molar-refractivity contribution in [2.24, 2.45) is 0 Å². The summed E-state index contributed by atoms with van der Waals surface area (Å²) in [6.45, 7) is 1.17. The standard InChI is InChI=1S/C17H28O5/c1-15(19)11-9-7-5-3-2-4-6-8-10-12-17(21)22-14-16(20)13-18/h3,5-6,8,10,12,15-16,18-20H,2,4,7,9,11,13-14H2,1H3/b5-3+,8-6+,12-10+/t15-,16+/m0/s1. The fourth-order valence-corrected chi connectivity index (χ4v) is 1.55. The van der Waals surface area contributed by atoms with Crippen molar-refractivity contribution in [3.63, 3.8) is 0 Å². The second-order valence-corrected chi connectivity index (χ2v) is 5.08. The van der Waals surface area contributed by atoms with Gasteiger partial charge in [-0.2, -0.15) is 0 Å². The maximum absolute atomic E-state index is 11.2. The van der Waals surface area contributed by atoms with Gasteiger partial charge in [0, 0.05) is 6.08 Å². The Labute approximate surface area is 132 Å². The second kappa shape index (κ2) is 14.5. The third-order valence-corrected chi connectivity index (χ3v) is 2.77. The number of aliphatic hydroxyl groups is 3. The summed E-state index contributed by atoms with van der Waals surface area (Å²) in [7, 11) is 0. The van der Waals surface area contributed by atoms with Crippen molar-refractivity contribution in [3.05, 3.63) is 36.5 Å². The van der Waals surface area contributed by atoms with Gasteiger partial charge in [0.25, 0.3) is 0 Å². The van der Waals surface area contributed by atoms with Crippen molar-refractivity contribution in [1.82, 2.24) is 0 Å². The van der Waals surface area contributed by atoms with E-state index in [1.165, 1.54) is 6.08 Å². The van der Waals surface area contributed by atoms with Crippen molar-refractivity contribution < 1.29 is 24.9 Å². The average Bonchev–Trinajstić information content (AvgIpc) is 2.49. The molecule has 0 aromatic carbocycles. The van der Waals surface area contributed by atoms with Crippen LogP contribution in [0.15, 0.2) is 36.5 Å². The number of carbonyl (C=O) groups is 1. The molecule has 2 atom stereocenters. The lowest BCUT2D eigenvalue weighted by atomic mass is 10.1. The van der Waals surface area contributed by atoms with E-state index >= 15 is 0 Å². The summed E-state index contributed by atoms with van der Waals surface area (Å²) in [5, 5.41) is 26.6. The summed E-state index contributed by atoms with van der Waals surface area (Å²) in [5.41, 5.74) is 0. The van der Waals surface area contributed by atoms with E-state index in [1.807, 2.05) is 6.08 Å². The molecule has 0 saturated carbocycles. The van der Waals surface area contributed by atoms with Gasteiger partial charge in [-0.25, -0.2) is 4.79 Å². The summed E-state index contributed by atoms with van der Waals surface area (Å²) in [5.74, 6) is -0.546. The highest BCUT2D eigenvalue weighted by Crippen LogP contribution is 2.02. The molecule has 0 rings (SSSR count). The van der Waals surface area contributed by atoms with Gasteiger partial charge in [-0.15, -0.1) is 0 Å². The predicted octanol–water partition coefficient (Wildman–Crippen LogP) is 1.88. The van der Waals surface area contributed by atoms with Crippen LogP contribution in [0.2, 0.25) is 0 Å². The lowest BCUT2D eigenvalue weighted by Crippen LogP contribution is -2.21. The van der Waals surface area contributed by atoms with Crippen LogP contribution in [-0.2, 0) is 9.53 Å². The van der Waals surface area contributed by atoms with Gasteiger partial charge in [-0.3, -0.25) is 0 Å². The van der Waals surface area contributed by atoms with Crippen LogP contribution < -0.4 is 0 Å². The van der Waals surface area contributed by atoms with Gasteiger partial charge >= 0.3 is 5.97 Å². The first-order valence-electron chi connectivity index (χ1n) is 7.68. The lowest BCUT2D eigenvalue weighted by molar-refractivity contribution is -0.141. The molecule has 0 aromatic heterocycles. The molecule has 0 aliphatic heterocycles. The van der Waals surface area contributed by atoms with E-state index in [2.05, 4.69) is 12.2 Å². The molecule has 5 nitrogen and oxygen atoms in total. The van der Waals surface area contributed by atoms with Gasteiger partial charge in [-0.05, 0) is 39.0 Å². The number of hydrogen-bond donors (Lipinski definition) is 3. The predicted molar refractivity (Wildman–Crippen MR) is 86.2 cm³/mol. The van der Waals surface area contributed by atoms with Crippen LogP contribution in [0.1, 0.15) is 39.0 Å². The molecule has 22 heavy (non-hydrogen) atoms. The highest BCUT2D eigenvalue weighted by atomic mass is 16.5. The number of ether oxygens (including phenoxy) is 1.